The molecule has 0 radical (unpaired) electrons. The topological polar surface area (TPSA) is 66.1 Å². The first-order valence-electron chi connectivity index (χ1n) is 10.3. The molecule has 7 heteroatoms. The second-order valence-corrected chi connectivity index (χ2v) is 7.85. The third kappa shape index (κ3) is 5.10. The van der Waals surface area contributed by atoms with Crippen molar-refractivity contribution in [3.63, 3.8) is 0 Å². The van der Waals surface area contributed by atoms with E-state index in [-0.39, 0.29) is 24.6 Å². The molecule has 31 heavy (non-hydrogen) atoms. The number of benzene rings is 1. The molecule has 2 heterocycles. The lowest BCUT2D eigenvalue weighted by Crippen LogP contribution is -2.15. The molecule has 0 unspecified atom stereocenters. The van der Waals surface area contributed by atoms with E-state index in [0.29, 0.717) is 18.5 Å². The van der Waals surface area contributed by atoms with Crippen LogP contribution >= 0.6 is 0 Å². The van der Waals surface area contributed by atoms with Crippen LogP contribution in [0.25, 0.3) is 0 Å². The number of Topliss-reactive ketones (excluding diaryl/α,β-unsaturated/α-hetero) is 1. The van der Waals surface area contributed by atoms with Gasteiger partial charge in [0.25, 0.3) is 0 Å². The lowest BCUT2D eigenvalue weighted by molar-refractivity contribution is -0.142. The zero-order valence-electron chi connectivity index (χ0n) is 18.7. The molecular formula is C24H28FN3O3. The Balaban J connectivity index is 1.59. The highest BCUT2D eigenvalue weighted by Gasteiger charge is 2.18. The second-order valence-electron chi connectivity index (χ2n) is 7.85. The largest absolute Gasteiger partial charge is 0.457 e. The second kappa shape index (κ2) is 9.29. The molecule has 3 rings (SSSR count). The number of halogens is 1. The minimum absolute atomic E-state index is 0.199. The van der Waals surface area contributed by atoms with Crippen molar-refractivity contribution in [3.8, 4) is 0 Å². The predicted octanol–water partition coefficient (Wildman–Crippen LogP) is 4.00. The van der Waals surface area contributed by atoms with Crippen molar-refractivity contribution >= 4 is 11.8 Å². The number of aryl methyl sites for hydroxylation is 3. The summed E-state index contributed by atoms with van der Waals surface area (Å²) in [5, 5.41) is 4.35. The van der Waals surface area contributed by atoms with E-state index < -0.39 is 5.97 Å². The van der Waals surface area contributed by atoms with E-state index in [9.17, 15) is 14.0 Å². The monoisotopic (exact) mass is 425 g/mol. The third-order valence-corrected chi connectivity index (χ3v) is 5.73. The molecule has 6 nitrogen and oxygen atoms in total. The van der Waals surface area contributed by atoms with Gasteiger partial charge in [-0.25, -0.2) is 4.39 Å². The van der Waals surface area contributed by atoms with Gasteiger partial charge in [-0.3, -0.25) is 14.3 Å². The van der Waals surface area contributed by atoms with E-state index >= 15 is 0 Å². The van der Waals surface area contributed by atoms with Crippen LogP contribution in [0.3, 0.4) is 0 Å². The SMILES string of the molecule is Cc1nn(C)c(C)c1CCC(=O)OCC(=O)c1cc(C)n(Cc2ccc(F)cc2)c1C. The van der Waals surface area contributed by atoms with Crippen LogP contribution in [-0.2, 0) is 29.5 Å². The summed E-state index contributed by atoms with van der Waals surface area (Å²) < 4.78 is 22.2. The Hall–Kier alpha value is -3.22. The molecule has 0 aliphatic carbocycles. The Morgan fingerprint density at radius 2 is 1.74 bits per heavy atom. The Morgan fingerprint density at radius 3 is 2.35 bits per heavy atom. The highest BCUT2D eigenvalue weighted by atomic mass is 19.1. The van der Waals surface area contributed by atoms with Gasteiger partial charge < -0.3 is 9.30 Å². The number of hydrogen-bond donors (Lipinski definition) is 0. The minimum Gasteiger partial charge on any atom is -0.457 e. The molecule has 3 aromatic rings. The van der Waals surface area contributed by atoms with Gasteiger partial charge in [0.05, 0.1) is 5.69 Å². The number of nitrogens with zero attached hydrogens (tertiary/aromatic N) is 3. The number of carbonyl (C=O) groups excluding carboxylic acids is 2. The van der Waals surface area contributed by atoms with Gasteiger partial charge in [0.1, 0.15) is 5.82 Å². The van der Waals surface area contributed by atoms with Gasteiger partial charge in [-0.1, -0.05) is 12.1 Å². The molecule has 2 aromatic heterocycles. The molecule has 0 fully saturated rings. The standard InChI is InChI=1S/C24H28FN3O3/c1-15-12-22(18(4)28(15)13-19-6-8-20(25)9-7-19)23(29)14-31-24(30)11-10-21-16(2)26-27(5)17(21)3/h6-9,12H,10-11,13-14H2,1-5H3. The summed E-state index contributed by atoms with van der Waals surface area (Å²) in [4.78, 5) is 24.8. The first-order valence-corrected chi connectivity index (χ1v) is 10.3. The molecule has 0 saturated carbocycles. The van der Waals surface area contributed by atoms with Crippen LogP contribution in [-0.4, -0.2) is 32.7 Å². The molecule has 0 amide bonds. The maximum Gasteiger partial charge on any atom is 0.306 e. The van der Waals surface area contributed by atoms with Gasteiger partial charge in [-0.15, -0.1) is 0 Å². The fourth-order valence-corrected chi connectivity index (χ4v) is 3.80. The van der Waals surface area contributed by atoms with E-state index in [4.69, 9.17) is 4.74 Å². The lowest BCUT2D eigenvalue weighted by Gasteiger charge is -2.10. The lowest BCUT2D eigenvalue weighted by atomic mass is 10.1. The van der Waals surface area contributed by atoms with Crippen LogP contribution in [0.4, 0.5) is 4.39 Å². The van der Waals surface area contributed by atoms with Crippen LogP contribution in [0.1, 0.15) is 50.7 Å². The average Bonchev–Trinajstić information content (AvgIpc) is 3.15. The Labute approximate surface area is 181 Å². The summed E-state index contributed by atoms with van der Waals surface area (Å²) in [7, 11) is 1.87. The van der Waals surface area contributed by atoms with Gasteiger partial charge in [0, 0.05) is 42.7 Å². The van der Waals surface area contributed by atoms with Gasteiger partial charge in [0.2, 0.25) is 5.78 Å². The third-order valence-electron chi connectivity index (χ3n) is 5.73. The number of rotatable bonds is 8. The van der Waals surface area contributed by atoms with Crippen molar-refractivity contribution in [2.45, 2.75) is 47.1 Å². The van der Waals surface area contributed by atoms with Crippen molar-refractivity contribution in [2.75, 3.05) is 6.61 Å². The zero-order valence-corrected chi connectivity index (χ0v) is 18.7. The van der Waals surface area contributed by atoms with E-state index in [0.717, 1.165) is 33.9 Å². The molecule has 1 aromatic carbocycles. The number of hydrogen-bond acceptors (Lipinski definition) is 4. The van der Waals surface area contributed by atoms with Gasteiger partial charge in [0.15, 0.2) is 6.61 Å². The first-order chi connectivity index (χ1) is 14.7. The van der Waals surface area contributed by atoms with Gasteiger partial charge in [-0.05, 0) is 63.4 Å². The van der Waals surface area contributed by atoms with Crippen LogP contribution in [0.2, 0.25) is 0 Å². The van der Waals surface area contributed by atoms with E-state index in [1.54, 1.807) is 22.9 Å². The molecule has 164 valence electrons. The molecule has 0 saturated heterocycles. The molecule has 0 spiro atoms. The van der Waals surface area contributed by atoms with Crippen LogP contribution < -0.4 is 0 Å². The minimum atomic E-state index is -0.406. The van der Waals surface area contributed by atoms with Crippen molar-refractivity contribution in [3.05, 3.63) is 75.6 Å². The normalized spacial score (nSPS) is 11.0. The van der Waals surface area contributed by atoms with E-state index in [1.165, 1.54) is 12.1 Å². The zero-order chi connectivity index (χ0) is 22.7. The quantitative estimate of drug-likeness (QED) is 0.404. The first kappa shape index (κ1) is 22.5. The maximum atomic E-state index is 13.1. The molecule has 0 bridgehead atoms. The number of aromatic nitrogens is 3. The smallest absolute Gasteiger partial charge is 0.306 e. The number of ketones is 1. The summed E-state index contributed by atoms with van der Waals surface area (Å²) in [6.07, 6.45) is 0.731. The summed E-state index contributed by atoms with van der Waals surface area (Å²) in [5.74, 6) is -0.923. The Bertz CT molecular complexity index is 1110. The summed E-state index contributed by atoms with van der Waals surface area (Å²) >= 11 is 0. The Morgan fingerprint density at radius 1 is 1.06 bits per heavy atom. The van der Waals surface area contributed by atoms with Crippen LogP contribution in [0, 0.1) is 33.5 Å². The van der Waals surface area contributed by atoms with Gasteiger partial charge in [-0.2, -0.15) is 5.10 Å². The van der Waals surface area contributed by atoms with Crippen molar-refractivity contribution in [2.24, 2.45) is 7.05 Å². The van der Waals surface area contributed by atoms with Crippen LogP contribution in [0.5, 0.6) is 0 Å². The maximum absolute atomic E-state index is 13.1. The highest BCUT2D eigenvalue weighted by molar-refractivity contribution is 5.99. The molecule has 0 aliphatic rings. The number of ether oxygens (including phenoxy) is 1. The van der Waals surface area contributed by atoms with Gasteiger partial charge >= 0.3 is 5.97 Å². The molecular weight excluding hydrogens is 397 g/mol. The molecule has 0 atom stereocenters. The molecule has 0 aliphatic heterocycles. The number of esters is 1. The summed E-state index contributed by atoms with van der Waals surface area (Å²) in [6.45, 7) is 7.90. The molecule has 0 N–H and O–H groups in total. The average molecular weight is 426 g/mol. The Kier molecular flexibility index (Phi) is 6.73. The van der Waals surface area contributed by atoms with E-state index in [1.807, 2.05) is 39.3 Å². The van der Waals surface area contributed by atoms with Crippen LogP contribution in [0.15, 0.2) is 30.3 Å². The van der Waals surface area contributed by atoms with Crippen molar-refractivity contribution in [1.82, 2.24) is 14.3 Å². The fourth-order valence-electron chi connectivity index (χ4n) is 3.80. The van der Waals surface area contributed by atoms with Crippen molar-refractivity contribution < 1.29 is 18.7 Å². The van der Waals surface area contributed by atoms with Crippen molar-refractivity contribution in [1.29, 1.82) is 0 Å². The summed E-state index contributed by atoms with van der Waals surface area (Å²) in [6, 6.07) is 8.09. The summed E-state index contributed by atoms with van der Waals surface area (Å²) in [5.41, 5.74) is 6.15. The fraction of sp³-hybridized carbons (Fsp3) is 0.375. The van der Waals surface area contributed by atoms with E-state index in [2.05, 4.69) is 5.10 Å². The predicted molar refractivity (Wildman–Crippen MR) is 116 cm³/mol. The highest BCUT2D eigenvalue weighted by Crippen LogP contribution is 2.19. The number of carbonyl (C=O) groups is 2.